The first kappa shape index (κ1) is 16.1. The first-order chi connectivity index (χ1) is 11.1. The fourth-order valence-corrected chi connectivity index (χ4v) is 4.22. The van der Waals surface area contributed by atoms with Gasteiger partial charge in [-0.05, 0) is 32.4 Å². The van der Waals surface area contributed by atoms with Crippen LogP contribution >= 0.6 is 11.8 Å². The van der Waals surface area contributed by atoms with Gasteiger partial charge in [-0.25, -0.2) is 4.39 Å². The van der Waals surface area contributed by atoms with Crippen molar-refractivity contribution in [3.63, 3.8) is 0 Å². The minimum atomic E-state index is -0.161. The summed E-state index contributed by atoms with van der Waals surface area (Å²) in [6, 6.07) is 8.71. The van der Waals surface area contributed by atoms with Crippen molar-refractivity contribution in [1.29, 1.82) is 0 Å². The summed E-state index contributed by atoms with van der Waals surface area (Å²) in [5.41, 5.74) is 1.37. The van der Waals surface area contributed by atoms with Gasteiger partial charge in [0.1, 0.15) is 17.3 Å². The molecule has 0 N–H and O–H groups in total. The van der Waals surface area contributed by atoms with Crippen molar-refractivity contribution in [3.8, 4) is 0 Å². The topological polar surface area (TPSA) is 33.5 Å². The number of thioether (sulfide) groups is 1. The third kappa shape index (κ3) is 3.44. The number of carbonyl (C=O) groups is 1. The highest BCUT2D eigenvalue weighted by Crippen LogP contribution is 2.36. The predicted molar refractivity (Wildman–Crippen MR) is 90.3 cm³/mol. The van der Waals surface area contributed by atoms with E-state index in [-0.39, 0.29) is 17.0 Å². The molecule has 1 unspecified atom stereocenters. The average Bonchev–Trinajstić information content (AvgIpc) is 2.74. The first-order valence-electron chi connectivity index (χ1n) is 7.78. The van der Waals surface area contributed by atoms with Crippen LogP contribution in [-0.2, 0) is 0 Å². The number of hydrogen-bond donors (Lipinski definition) is 0. The molecule has 2 heterocycles. The smallest absolute Gasteiger partial charge is 0.257 e. The lowest BCUT2D eigenvalue weighted by molar-refractivity contribution is 0.0765. The number of rotatable bonds is 2. The molecule has 1 aromatic heterocycles. The molecule has 5 heteroatoms. The number of halogens is 1. The van der Waals surface area contributed by atoms with E-state index in [0.717, 1.165) is 23.5 Å². The zero-order chi connectivity index (χ0) is 16.4. The standard InChI is InChI=1S/C18H20FNO2S/c1-12-11-15(13(2)22-12)18(21)20-8-7-17(23-10-9-20)14-5-3-4-6-16(14)19/h3-6,11,17H,7-10H2,1-2H3. The van der Waals surface area contributed by atoms with E-state index < -0.39 is 0 Å². The SMILES string of the molecule is Cc1cc(C(=O)N2CCSC(c3ccccc3F)CC2)c(C)o1. The second-order valence-electron chi connectivity index (χ2n) is 5.79. The second-order valence-corrected chi connectivity index (χ2v) is 7.10. The van der Waals surface area contributed by atoms with Crippen LogP contribution in [0, 0.1) is 19.7 Å². The van der Waals surface area contributed by atoms with Crippen LogP contribution in [-0.4, -0.2) is 29.6 Å². The molecule has 1 fully saturated rings. The molecule has 1 amide bonds. The van der Waals surface area contributed by atoms with E-state index in [1.807, 2.05) is 30.9 Å². The van der Waals surface area contributed by atoms with Crippen molar-refractivity contribution in [3.05, 3.63) is 58.8 Å². The number of carbonyl (C=O) groups excluding carboxylic acids is 1. The Hall–Kier alpha value is -1.75. The molecule has 1 aliphatic heterocycles. The van der Waals surface area contributed by atoms with Gasteiger partial charge in [-0.15, -0.1) is 0 Å². The Morgan fingerprint density at radius 1 is 1.30 bits per heavy atom. The molecule has 1 atom stereocenters. The van der Waals surface area contributed by atoms with Crippen LogP contribution in [0.4, 0.5) is 4.39 Å². The highest BCUT2D eigenvalue weighted by molar-refractivity contribution is 7.99. The molecule has 1 aromatic carbocycles. The van der Waals surface area contributed by atoms with Gasteiger partial charge in [-0.2, -0.15) is 11.8 Å². The normalized spacial score (nSPS) is 18.7. The van der Waals surface area contributed by atoms with Gasteiger partial charge in [-0.3, -0.25) is 4.79 Å². The molecule has 122 valence electrons. The van der Waals surface area contributed by atoms with Crippen molar-refractivity contribution < 1.29 is 13.6 Å². The lowest BCUT2D eigenvalue weighted by Gasteiger charge is -2.20. The molecular formula is C18H20FNO2S. The largest absolute Gasteiger partial charge is 0.466 e. The Morgan fingerprint density at radius 3 is 2.78 bits per heavy atom. The van der Waals surface area contributed by atoms with E-state index in [4.69, 9.17) is 4.42 Å². The van der Waals surface area contributed by atoms with Crippen molar-refractivity contribution in [2.75, 3.05) is 18.8 Å². The molecule has 0 aliphatic carbocycles. The number of amides is 1. The maximum absolute atomic E-state index is 14.0. The summed E-state index contributed by atoms with van der Waals surface area (Å²) in [7, 11) is 0. The van der Waals surface area contributed by atoms with Crippen molar-refractivity contribution in [2.45, 2.75) is 25.5 Å². The minimum Gasteiger partial charge on any atom is -0.466 e. The Balaban J connectivity index is 1.73. The van der Waals surface area contributed by atoms with E-state index in [1.165, 1.54) is 6.07 Å². The minimum absolute atomic E-state index is 0.00846. The van der Waals surface area contributed by atoms with E-state index in [0.29, 0.717) is 24.4 Å². The van der Waals surface area contributed by atoms with Gasteiger partial charge in [0, 0.05) is 29.7 Å². The summed E-state index contributed by atoms with van der Waals surface area (Å²) in [6.45, 7) is 4.97. The lowest BCUT2D eigenvalue weighted by Crippen LogP contribution is -2.33. The summed E-state index contributed by atoms with van der Waals surface area (Å²) in [5, 5.41) is 0.0983. The molecule has 0 spiro atoms. The number of benzene rings is 1. The van der Waals surface area contributed by atoms with Crippen LogP contribution in [0.25, 0.3) is 0 Å². The molecule has 3 rings (SSSR count). The average molecular weight is 333 g/mol. The molecule has 1 aliphatic rings. The fraction of sp³-hybridized carbons (Fsp3) is 0.389. The lowest BCUT2D eigenvalue weighted by atomic mass is 10.1. The van der Waals surface area contributed by atoms with Gasteiger partial charge in [0.15, 0.2) is 0 Å². The molecule has 0 bridgehead atoms. The number of nitrogens with zero attached hydrogens (tertiary/aromatic N) is 1. The molecule has 1 saturated heterocycles. The van der Waals surface area contributed by atoms with Crippen molar-refractivity contribution in [2.24, 2.45) is 0 Å². The molecule has 23 heavy (non-hydrogen) atoms. The highest BCUT2D eigenvalue weighted by atomic mass is 32.2. The van der Waals surface area contributed by atoms with Crippen LogP contribution in [0.5, 0.6) is 0 Å². The van der Waals surface area contributed by atoms with Gasteiger partial charge in [-0.1, -0.05) is 18.2 Å². The zero-order valence-corrected chi connectivity index (χ0v) is 14.2. The third-order valence-electron chi connectivity index (χ3n) is 4.15. The van der Waals surface area contributed by atoms with Gasteiger partial charge in [0.2, 0.25) is 0 Å². The van der Waals surface area contributed by atoms with E-state index >= 15 is 0 Å². The Bertz CT molecular complexity index is 713. The zero-order valence-electron chi connectivity index (χ0n) is 13.3. The Labute approximate surface area is 139 Å². The predicted octanol–water partition coefficient (Wildman–Crippen LogP) is 4.36. The molecule has 3 nitrogen and oxygen atoms in total. The van der Waals surface area contributed by atoms with Gasteiger partial charge < -0.3 is 9.32 Å². The second kappa shape index (κ2) is 6.79. The van der Waals surface area contributed by atoms with Gasteiger partial charge >= 0.3 is 0 Å². The maximum Gasteiger partial charge on any atom is 0.257 e. The van der Waals surface area contributed by atoms with Crippen LogP contribution in [0.1, 0.15) is 39.1 Å². The Morgan fingerprint density at radius 2 is 2.09 bits per heavy atom. The monoisotopic (exact) mass is 333 g/mol. The van der Waals surface area contributed by atoms with E-state index in [9.17, 15) is 9.18 Å². The van der Waals surface area contributed by atoms with E-state index in [1.54, 1.807) is 23.9 Å². The highest BCUT2D eigenvalue weighted by Gasteiger charge is 2.26. The van der Waals surface area contributed by atoms with Crippen LogP contribution in [0.2, 0.25) is 0 Å². The molecule has 0 radical (unpaired) electrons. The maximum atomic E-state index is 14.0. The quantitative estimate of drug-likeness (QED) is 0.819. The third-order valence-corrected chi connectivity index (χ3v) is 5.46. The van der Waals surface area contributed by atoms with Gasteiger partial charge in [0.25, 0.3) is 5.91 Å². The molecule has 0 saturated carbocycles. The molecule has 2 aromatic rings. The summed E-state index contributed by atoms with van der Waals surface area (Å²) in [5.74, 6) is 2.07. The molecular weight excluding hydrogens is 313 g/mol. The fourth-order valence-electron chi connectivity index (χ4n) is 2.97. The summed E-state index contributed by atoms with van der Waals surface area (Å²) in [6.07, 6.45) is 0.757. The van der Waals surface area contributed by atoms with Crippen LogP contribution in [0.3, 0.4) is 0 Å². The van der Waals surface area contributed by atoms with Crippen molar-refractivity contribution >= 4 is 17.7 Å². The van der Waals surface area contributed by atoms with Gasteiger partial charge in [0.05, 0.1) is 5.56 Å². The first-order valence-corrected chi connectivity index (χ1v) is 8.83. The van der Waals surface area contributed by atoms with E-state index in [2.05, 4.69) is 0 Å². The van der Waals surface area contributed by atoms with Crippen molar-refractivity contribution in [1.82, 2.24) is 4.90 Å². The summed E-state index contributed by atoms with van der Waals surface area (Å²) < 4.78 is 19.4. The summed E-state index contributed by atoms with van der Waals surface area (Å²) >= 11 is 1.72. The van der Waals surface area contributed by atoms with Crippen LogP contribution in [0.15, 0.2) is 34.7 Å². The Kier molecular flexibility index (Phi) is 4.76. The van der Waals surface area contributed by atoms with Crippen LogP contribution < -0.4 is 0 Å². The number of aryl methyl sites for hydroxylation is 2. The summed E-state index contributed by atoms with van der Waals surface area (Å²) in [4.78, 5) is 14.5. The number of hydrogen-bond acceptors (Lipinski definition) is 3. The number of furan rings is 1.